The fraction of sp³-hybridized carbons (Fsp3) is 0.571. The van der Waals surface area contributed by atoms with E-state index in [2.05, 4.69) is 13.8 Å². The Balaban J connectivity index is 2.07. The number of rotatable bonds is 2. The number of hydrogen-bond acceptors (Lipinski definition) is 1. The van der Waals surface area contributed by atoms with E-state index in [1.807, 2.05) is 24.3 Å². The molecule has 1 unspecified atom stereocenters. The molecule has 0 aliphatic heterocycles. The Bertz CT molecular complexity index is 369. The Morgan fingerprint density at radius 1 is 1.19 bits per heavy atom. The van der Waals surface area contributed by atoms with Crippen LogP contribution < -0.4 is 0 Å². The molecule has 0 aromatic heterocycles. The van der Waals surface area contributed by atoms with Gasteiger partial charge in [-0.05, 0) is 42.4 Å². The molecule has 0 saturated heterocycles. The SMILES string of the molecule is CC1(C)CCC(O)(Cc2ccc(Cl)cc2)C1. The average Bonchev–Trinajstić information content (AvgIpc) is 2.45. The predicted octanol–water partition coefficient (Wildman–Crippen LogP) is 3.82. The van der Waals surface area contributed by atoms with Gasteiger partial charge < -0.3 is 5.11 Å². The lowest BCUT2D eigenvalue weighted by molar-refractivity contribution is 0.0379. The standard InChI is InChI=1S/C14H19ClO/c1-13(2)7-8-14(16,10-13)9-11-3-5-12(15)6-4-11/h3-6,16H,7-10H2,1-2H3. The van der Waals surface area contributed by atoms with E-state index in [9.17, 15) is 5.11 Å². The molecule has 88 valence electrons. The normalized spacial score (nSPS) is 28.2. The third-order valence-electron chi connectivity index (χ3n) is 3.52. The highest BCUT2D eigenvalue weighted by molar-refractivity contribution is 6.30. The second-order valence-electron chi connectivity index (χ2n) is 5.87. The monoisotopic (exact) mass is 238 g/mol. The Morgan fingerprint density at radius 3 is 2.31 bits per heavy atom. The van der Waals surface area contributed by atoms with Gasteiger partial charge in [0.05, 0.1) is 5.60 Å². The lowest BCUT2D eigenvalue weighted by Crippen LogP contribution is -2.29. The summed E-state index contributed by atoms with van der Waals surface area (Å²) in [5.41, 5.74) is 0.933. The van der Waals surface area contributed by atoms with Crippen LogP contribution in [0.5, 0.6) is 0 Å². The summed E-state index contributed by atoms with van der Waals surface area (Å²) in [5.74, 6) is 0. The highest BCUT2D eigenvalue weighted by atomic mass is 35.5. The van der Waals surface area contributed by atoms with Crippen molar-refractivity contribution >= 4 is 11.6 Å². The summed E-state index contributed by atoms with van der Waals surface area (Å²) in [4.78, 5) is 0. The zero-order chi connectivity index (χ0) is 11.8. The highest BCUT2D eigenvalue weighted by Gasteiger charge is 2.41. The van der Waals surface area contributed by atoms with Gasteiger partial charge in [0.15, 0.2) is 0 Å². The molecule has 1 saturated carbocycles. The third-order valence-corrected chi connectivity index (χ3v) is 3.77. The summed E-state index contributed by atoms with van der Waals surface area (Å²) in [7, 11) is 0. The van der Waals surface area contributed by atoms with Crippen LogP contribution in [-0.4, -0.2) is 10.7 Å². The number of benzene rings is 1. The number of aliphatic hydroxyl groups is 1. The first-order valence-corrected chi connectivity index (χ1v) is 6.23. The predicted molar refractivity (Wildman–Crippen MR) is 67.7 cm³/mol. The molecule has 1 aromatic carbocycles. The van der Waals surface area contributed by atoms with Crippen LogP contribution in [0, 0.1) is 5.41 Å². The first-order valence-electron chi connectivity index (χ1n) is 5.86. The average molecular weight is 239 g/mol. The number of hydrogen-bond donors (Lipinski definition) is 1. The second-order valence-corrected chi connectivity index (χ2v) is 6.31. The Hall–Kier alpha value is -0.530. The Kier molecular flexibility index (Phi) is 3.02. The van der Waals surface area contributed by atoms with Crippen LogP contribution in [-0.2, 0) is 6.42 Å². The van der Waals surface area contributed by atoms with Gasteiger partial charge in [0.25, 0.3) is 0 Å². The van der Waals surface area contributed by atoms with Crippen molar-refractivity contribution in [1.29, 1.82) is 0 Å². The summed E-state index contributed by atoms with van der Waals surface area (Å²) < 4.78 is 0. The van der Waals surface area contributed by atoms with Gasteiger partial charge in [-0.1, -0.05) is 37.6 Å². The highest BCUT2D eigenvalue weighted by Crippen LogP contribution is 2.44. The van der Waals surface area contributed by atoms with Crippen molar-refractivity contribution in [2.24, 2.45) is 5.41 Å². The minimum atomic E-state index is -0.517. The molecule has 1 nitrogen and oxygen atoms in total. The van der Waals surface area contributed by atoms with Crippen LogP contribution in [0.2, 0.25) is 5.02 Å². The zero-order valence-corrected chi connectivity index (χ0v) is 10.7. The molecule has 16 heavy (non-hydrogen) atoms. The topological polar surface area (TPSA) is 20.2 Å². The molecular weight excluding hydrogens is 220 g/mol. The molecule has 2 heteroatoms. The van der Waals surface area contributed by atoms with Crippen LogP contribution >= 0.6 is 11.6 Å². The van der Waals surface area contributed by atoms with E-state index in [0.29, 0.717) is 0 Å². The summed E-state index contributed by atoms with van der Waals surface area (Å²) in [6, 6.07) is 7.79. The Morgan fingerprint density at radius 2 is 1.81 bits per heavy atom. The molecule has 1 aliphatic rings. The quantitative estimate of drug-likeness (QED) is 0.831. The molecule has 1 N–H and O–H groups in total. The molecule has 0 heterocycles. The lowest BCUT2D eigenvalue weighted by Gasteiger charge is -2.25. The van der Waals surface area contributed by atoms with E-state index in [4.69, 9.17) is 11.6 Å². The lowest BCUT2D eigenvalue weighted by atomic mass is 9.86. The van der Waals surface area contributed by atoms with Crippen LogP contribution in [0.3, 0.4) is 0 Å². The van der Waals surface area contributed by atoms with Gasteiger partial charge in [0, 0.05) is 11.4 Å². The van der Waals surface area contributed by atoms with Gasteiger partial charge in [0.1, 0.15) is 0 Å². The van der Waals surface area contributed by atoms with Crippen molar-refractivity contribution in [2.75, 3.05) is 0 Å². The zero-order valence-electron chi connectivity index (χ0n) is 9.96. The molecule has 0 amide bonds. The van der Waals surface area contributed by atoms with Gasteiger partial charge in [-0.25, -0.2) is 0 Å². The van der Waals surface area contributed by atoms with Crippen LogP contribution in [0.1, 0.15) is 38.7 Å². The smallest absolute Gasteiger partial charge is 0.0693 e. The van der Waals surface area contributed by atoms with E-state index in [1.165, 1.54) is 5.56 Å². The molecule has 0 radical (unpaired) electrons. The molecule has 0 spiro atoms. The van der Waals surface area contributed by atoms with Crippen LogP contribution in [0.25, 0.3) is 0 Å². The minimum Gasteiger partial charge on any atom is -0.390 e. The van der Waals surface area contributed by atoms with E-state index in [0.717, 1.165) is 30.7 Å². The van der Waals surface area contributed by atoms with Gasteiger partial charge in [-0.2, -0.15) is 0 Å². The van der Waals surface area contributed by atoms with E-state index in [-0.39, 0.29) is 5.41 Å². The molecule has 1 fully saturated rings. The largest absolute Gasteiger partial charge is 0.390 e. The molecule has 2 rings (SSSR count). The first kappa shape index (κ1) is 11.9. The van der Waals surface area contributed by atoms with Gasteiger partial charge in [0.2, 0.25) is 0 Å². The van der Waals surface area contributed by atoms with E-state index < -0.39 is 5.60 Å². The molecular formula is C14H19ClO. The maximum atomic E-state index is 10.5. The second kappa shape index (κ2) is 4.05. The Labute approximate surface area is 102 Å². The molecule has 1 atom stereocenters. The van der Waals surface area contributed by atoms with Crippen LogP contribution in [0.15, 0.2) is 24.3 Å². The summed E-state index contributed by atoms with van der Waals surface area (Å²) >= 11 is 5.85. The maximum Gasteiger partial charge on any atom is 0.0693 e. The van der Waals surface area contributed by atoms with Crippen molar-refractivity contribution in [1.82, 2.24) is 0 Å². The summed E-state index contributed by atoms with van der Waals surface area (Å²) in [5, 5.41) is 11.3. The molecule has 1 aromatic rings. The summed E-state index contributed by atoms with van der Waals surface area (Å²) in [6.45, 7) is 4.46. The fourth-order valence-corrected chi connectivity index (χ4v) is 2.90. The maximum absolute atomic E-state index is 10.5. The van der Waals surface area contributed by atoms with Crippen LogP contribution in [0.4, 0.5) is 0 Å². The minimum absolute atomic E-state index is 0.279. The fourth-order valence-electron chi connectivity index (χ4n) is 2.77. The molecule has 1 aliphatic carbocycles. The van der Waals surface area contributed by atoms with Gasteiger partial charge in [-0.15, -0.1) is 0 Å². The van der Waals surface area contributed by atoms with Gasteiger partial charge in [-0.3, -0.25) is 0 Å². The van der Waals surface area contributed by atoms with Gasteiger partial charge >= 0.3 is 0 Å². The molecule has 0 bridgehead atoms. The third kappa shape index (κ3) is 2.78. The van der Waals surface area contributed by atoms with Crippen molar-refractivity contribution in [3.8, 4) is 0 Å². The van der Waals surface area contributed by atoms with Crippen molar-refractivity contribution in [2.45, 2.75) is 45.1 Å². The summed E-state index contributed by atoms with van der Waals surface area (Å²) in [6.07, 6.45) is 3.65. The van der Waals surface area contributed by atoms with Crippen molar-refractivity contribution < 1.29 is 5.11 Å². The van der Waals surface area contributed by atoms with E-state index in [1.54, 1.807) is 0 Å². The van der Waals surface area contributed by atoms with E-state index >= 15 is 0 Å². The van der Waals surface area contributed by atoms with Crippen molar-refractivity contribution in [3.05, 3.63) is 34.9 Å². The first-order chi connectivity index (χ1) is 7.39. The van der Waals surface area contributed by atoms with Crippen molar-refractivity contribution in [3.63, 3.8) is 0 Å². The number of halogens is 1.